The fourth-order valence-corrected chi connectivity index (χ4v) is 3.79. The Morgan fingerprint density at radius 3 is 2.47 bits per heavy atom. The first kappa shape index (κ1) is 26.9. The highest BCUT2D eigenvalue weighted by molar-refractivity contribution is 5.92. The highest BCUT2D eigenvalue weighted by Gasteiger charge is 2.55. The van der Waals surface area contributed by atoms with Gasteiger partial charge in [0.2, 0.25) is 5.88 Å². The third-order valence-corrected chi connectivity index (χ3v) is 5.55. The summed E-state index contributed by atoms with van der Waals surface area (Å²) in [5, 5.41) is 11.1. The second-order valence-corrected chi connectivity index (χ2v) is 8.63. The van der Waals surface area contributed by atoms with Gasteiger partial charge in [-0.3, -0.25) is 4.99 Å². The largest absolute Gasteiger partial charge is 0.514 e. The van der Waals surface area contributed by atoms with E-state index in [2.05, 4.69) is 14.7 Å². The molecule has 11 heteroatoms. The Hall–Kier alpha value is -3.73. The summed E-state index contributed by atoms with van der Waals surface area (Å²) in [6, 6.07) is 10.8. The number of aromatic nitrogens is 1. The lowest BCUT2D eigenvalue weighted by molar-refractivity contribution is -0.234. The van der Waals surface area contributed by atoms with Crippen LogP contribution in [0.4, 0.5) is 28.0 Å². The lowest BCUT2D eigenvalue weighted by atomic mass is 9.74. The standard InChI is InChI=1S/C25H24F4N2O5/c1-23(2,17-12-15(26)8-10-20(17)34-3)13-24(33,25(27,28)29)14-30-18-6-5-7-19-16(18)9-11-21(31-19)36-22(32)35-4/h5-12,14,33H,13H2,1-4H3. The maximum atomic E-state index is 14.1. The minimum atomic E-state index is -5.10. The van der Waals surface area contributed by atoms with Crippen LogP contribution >= 0.6 is 0 Å². The first-order valence-electron chi connectivity index (χ1n) is 10.6. The molecule has 36 heavy (non-hydrogen) atoms. The van der Waals surface area contributed by atoms with Gasteiger partial charge in [-0.25, -0.2) is 14.2 Å². The molecule has 1 aromatic heterocycles. The predicted molar refractivity (Wildman–Crippen MR) is 125 cm³/mol. The van der Waals surface area contributed by atoms with Gasteiger partial charge in [-0.2, -0.15) is 13.2 Å². The number of fused-ring (bicyclic) bond motifs is 1. The molecule has 0 spiro atoms. The van der Waals surface area contributed by atoms with E-state index in [1.807, 2.05) is 0 Å². The average molecular weight is 508 g/mol. The quantitative estimate of drug-likeness (QED) is 0.243. The predicted octanol–water partition coefficient (Wildman–Crippen LogP) is 5.89. The molecule has 0 aliphatic heterocycles. The van der Waals surface area contributed by atoms with Gasteiger partial charge < -0.3 is 19.3 Å². The summed E-state index contributed by atoms with van der Waals surface area (Å²) < 4.78 is 70.7. The molecule has 0 radical (unpaired) electrons. The molecule has 0 saturated carbocycles. The zero-order valence-corrected chi connectivity index (χ0v) is 19.9. The van der Waals surface area contributed by atoms with Gasteiger partial charge in [0.25, 0.3) is 0 Å². The third-order valence-electron chi connectivity index (χ3n) is 5.55. The molecule has 1 heterocycles. The van der Waals surface area contributed by atoms with Gasteiger partial charge in [0.15, 0.2) is 5.60 Å². The SMILES string of the molecule is COC(=O)Oc1ccc2c(N=CC(O)(CC(C)(C)c3cc(F)ccc3OC)C(F)(F)F)cccc2n1. The summed E-state index contributed by atoms with van der Waals surface area (Å²) >= 11 is 0. The van der Waals surface area contributed by atoms with Gasteiger partial charge in [-0.05, 0) is 48.2 Å². The van der Waals surface area contributed by atoms with Gasteiger partial charge >= 0.3 is 12.3 Å². The third kappa shape index (κ3) is 5.73. The molecule has 2 aromatic carbocycles. The van der Waals surface area contributed by atoms with Crippen molar-refractivity contribution >= 4 is 29.0 Å². The molecule has 0 amide bonds. The van der Waals surface area contributed by atoms with Crippen molar-refractivity contribution in [2.24, 2.45) is 4.99 Å². The molecular formula is C25H24F4N2O5. The Kier molecular flexibility index (Phi) is 7.54. The Bertz CT molecular complexity index is 1290. The summed E-state index contributed by atoms with van der Waals surface area (Å²) in [4.78, 5) is 19.4. The fourth-order valence-electron chi connectivity index (χ4n) is 3.79. The van der Waals surface area contributed by atoms with E-state index in [1.54, 1.807) is 6.07 Å². The number of halogens is 4. The van der Waals surface area contributed by atoms with Crippen molar-refractivity contribution in [2.45, 2.75) is 37.5 Å². The van der Waals surface area contributed by atoms with Gasteiger partial charge in [-0.15, -0.1) is 0 Å². The molecule has 0 aliphatic rings. The van der Waals surface area contributed by atoms with Gasteiger partial charge in [0.1, 0.15) is 11.6 Å². The van der Waals surface area contributed by atoms with E-state index in [0.717, 1.165) is 19.2 Å². The van der Waals surface area contributed by atoms with Crippen LogP contribution in [0.2, 0.25) is 0 Å². The molecule has 1 N–H and O–H groups in total. The van der Waals surface area contributed by atoms with Gasteiger partial charge in [0.05, 0.1) is 25.4 Å². The number of hydrogen-bond donors (Lipinski definition) is 1. The topological polar surface area (TPSA) is 90.2 Å². The molecule has 192 valence electrons. The molecule has 7 nitrogen and oxygen atoms in total. The zero-order chi connectivity index (χ0) is 26.7. The number of benzene rings is 2. The van der Waals surface area contributed by atoms with Gasteiger partial charge in [-0.1, -0.05) is 19.9 Å². The maximum absolute atomic E-state index is 14.1. The van der Waals surface area contributed by atoms with Crippen molar-refractivity contribution in [1.29, 1.82) is 0 Å². The number of pyridine rings is 1. The number of alkyl halides is 3. The Balaban J connectivity index is 2.00. The molecule has 3 aromatic rings. The van der Waals surface area contributed by atoms with Crippen molar-refractivity contribution in [2.75, 3.05) is 14.2 Å². The highest BCUT2D eigenvalue weighted by atomic mass is 19.4. The normalized spacial score (nSPS) is 14.0. The summed E-state index contributed by atoms with van der Waals surface area (Å²) in [5.74, 6) is -0.539. The number of nitrogens with zero attached hydrogens (tertiary/aromatic N) is 2. The molecule has 0 aliphatic carbocycles. The molecule has 0 fully saturated rings. The number of aliphatic hydroxyl groups is 1. The molecule has 1 unspecified atom stereocenters. The van der Waals surface area contributed by atoms with Crippen LogP contribution in [-0.4, -0.2) is 48.5 Å². The van der Waals surface area contributed by atoms with Crippen molar-refractivity contribution < 1.29 is 41.7 Å². The molecular weight excluding hydrogens is 484 g/mol. The second-order valence-electron chi connectivity index (χ2n) is 8.63. The highest BCUT2D eigenvalue weighted by Crippen LogP contribution is 2.43. The molecule has 0 bridgehead atoms. The van der Waals surface area contributed by atoms with E-state index in [1.165, 1.54) is 51.3 Å². The van der Waals surface area contributed by atoms with Crippen molar-refractivity contribution in [1.82, 2.24) is 4.98 Å². The number of carbonyl (C=O) groups is 1. The van der Waals surface area contributed by atoms with Crippen molar-refractivity contribution in [3.8, 4) is 11.6 Å². The first-order chi connectivity index (χ1) is 16.8. The smallest absolute Gasteiger partial charge is 0.496 e. The number of hydrogen-bond acceptors (Lipinski definition) is 7. The minimum absolute atomic E-state index is 0.0759. The van der Waals surface area contributed by atoms with Crippen LogP contribution in [0.25, 0.3) is 10.9 Å². The van der Waals surface area contributed by atoms with Crippen LogP contribution in [0.5, 0.6) is 11.6 Å². The summed E-state index contributed by atoms with van der Waals surface area (Å²) in [6.45, 7) is 2.89. The van der Waals surface area contributed by atoms with Crippen molar-refractivity contribution in [3.63, 3.8) is 0 Å². The van der Waals surface area contributed by atoms with Crippen LogP contribution in [-0.2, 0) is 10.2 Å². The van der Waals surface area contributed by atoms with Crippen LogP contribution in [0.15, 0.2) is 53.5 Å². The van der Waals surface area contributed by atoms with E-state index < -0.39 is 35.6 Å². The number of ether oxygens (including phenoxy) is 3. The van der Waals surface area contributed by atoms with Crippen LogP contribution in [0, 0.1) is 5.82 Å². The van der Waals surface area contributed by atoms with Crippen LogP contribution in [0.1, 0.15) is 25.8 Å². The molecule has 3 rings (SSSR count). The zero-order valence-electron chi connectivity index (χ0n) is 19.9. The van der Waals surface area contributed by atoms with Gasteiger partial charge in [0, 0.05) is 23.2 Å². The summed E-state index contributed by atoms with van der Waals surface area (Å²) in [7, 11) is 2.45. The Morgan fingerprint density at radius 1 is 1.11 bits per heavy atom. The Labute approximate surface area is 204 Å². The number of rotatable bonds is 7. The number of carbonyl (C=O) groups excluding carboxylic acids is 1. The van der Waals surface area contributed by atoms with Crippen LogP contribution < -0.4 is 9.47 Å². The molecule has 1 atom stereocenters. The minimum Gasteiger partial charge on any atom is -0.496 e. The molecule has 0 saturated heterocycles. The first-order valence-corrected chi connectivity index (χ1v) is 10.6. The summed E-state index contributed by atoms with van der Waals surface area (Å²) in [5.41, 5.74) is -4.20. The summed E-state index contributed by atoms with van der Waals surface area (Å²) in [6.07, 6.45) is -6.52. The van der Waals surface area contributed by atoms with E-state index in [-0.39, 0.29) is 28.4 Å². The maximum Gasteiger partial charge on any atom is 0.514 e. The lowest BCUT2D eigenvalue weighted by Gasteiger charge is -2.36. The second kappa shape index (κ2) is 10.1. The lowest BCUT2D eigenvalue weighted by Crippen LogP contribution is -2.50. The fraction of sp³-hybridized carbons (Fsp3) is 0.320. The number of methoxy groups -OCH3 is 2. The van der Waals surface area contributed by atoms with E-state index in [4.69, 9.17) is 9.47 Å². The van der Waals surface area contributed by atoms with E-state index in [0.29, 0.717) is 11.6 Å². The number of aliphatic imine (C=N–C) groups is 1. The monoisotopic (exact) mass is 508 g/mol. The van der Waals surface area contributed by atoms with Crippen molar-refractivity contribution in [3.05, 3.63) is 59.9 Å². The average Bonchev–Trinajstić information content (AvgIpc) is 2.81. The van der Waals surface area contributed by atoms with E-state index >= 15 is 0 Å². The van der Waals surface area contributed by atoms with Crippen LogP contribution in [0.3, 0.4) is 0 Å². The Morgan fingerprint density at radius 2 is 1.83 bits per heavy atom. The van der Waals surface area contributed by atoms with E-state index in [9.17, 15) is 27.5 Å².